The van der Waals surface area contributed by atoms with Crippen LogP contribution in [0.4, 0.5) is 5.69 Å². The van der Waals surface area contributed by atoms with Gasteiger partial charge in [-0.05, 0) is 37.9 Å². The predicted octanol–water partition coefficient (Wildman–Crippen LogP) is 1.23. The summed E-state index contributed by atoms with van der Waals surface area (Å²) in [4.78, 5) is 11.8. The van der Waals surface area contributed by atoms with Gasteiger partial charge in [0.2, 0.25) is 0 Å². The number of nitrogens with one attached hydrogen (secondary N) is 1. The smallest absolute Gasteiger partial charge is 0.335 e. The molecule has 20 heavy (non-hydrogen) atoms. The van der Waals surface area contributed by atoms with Crippen LogP contribution in [0.3, 0.4) is 0 Å². The molecule has 1 heterocycles. The highest BCUT2D eigenvalue weighted by Crippen LogP contribution is 2.34. The number of piperidine rings is 1. The van der Waals surface area contributed by atoms with Crippen LogP contribution in [0.25, 0.3) is 0 Å². The van der Waals surface area contributed by atoms with E-state index >= 15 is 0 Å². The molecular formula is C15H22N2O3. The molecule has 0 unspecified atom stereocenters. The molecule has 5 nitrogen and oxygen atoms in total. The fourth-order valence-electron chi connectivity index (χ4n) is 2.79. The normalized spacial score (nSPS) is 24.1. The number of benzene rings is 1. The van der Waals surface area contributed by atoms with Crippen molar-refractivity contribution < 1.29 is 14.6 Å². The third kappa shape index (κ3) is 3.11. The van der Waals surface area contributed by atoms with Crippen molar-refractivity contribution in [1.29, 1.82) is 0 Å². The first kappa shape index (κ1) is 14.8. The monoisotopic (exact) mass is 278 g/mol. The molecular weight excluding hydrogens is 256 g/mol. The Hall–Kier alpha value is -1.59. The Labute approximate surface area is 119 Å². The Morgan fingerprint density at radius 1 is 1.55 bits per heavy atom. The van der Waals surface area contributed by atoms with Crippen LogP contribution in [0.1, 0.15) is 31.4 Å². The zero-order valence-corrected chi connectivity index (χ0v) is 11.7. The van der Waals surface area contributed by atoms with E-state index in [0.29, 0.717) is 5.69 Å². The maximum Gasteiger partial charge on any atom is 0.335 e. The summed E-state index contributed by atoms with van der Waals surface area (Å²) in [7, 11) is 0. The molecule has 0 aromatic heterocycles. The molecule has 1 saturated heterocycles. The highest BCUT2D eigenvalue weighted by Gasteiger charge is 2.36. The standard InChI is InChI=1S/C15H22N2O3/c1-2-20-15(19)14(18)11-7-5-9-17-13(11)10-6-3-4-8-12(10)16/h3-4,6,8,11,13-14,17-18H,2,5,7,9,16H2,1H3/t11-,13-,14+/m0/s1. The Balaban J connectivity index is 2.21. The summed E-state index contributed by atoms with van der Waals surface area (Å²) < 4.78 is 4.92. The number of carbonyl (C=O) groups excluding carboxylic acids is 1. The second-order valence-electron chi connectivity index (χ2n) is 5.06. The van der Waals surface area contributed by atoms with Gasteiger partial charge < -0.3 is 20.9 Å². The van der Waals surface area contributed by atoms with E-state index < -0.39 is 12.1 Å². The van der Waals surface area contributed by atoms with E-state index in [1.165, 1.54) is 0 Å². The molecule has 5 heteroatoms. The van der Waals surface area contributed by atoms with Crippen molar-refractivity contribution in [2.75, 3.05) is 18.9 Å². The van der Waals surface area contributed by atoms with Gasteiger partial charge >= 0.3 is 5.97 Å². The van der Waals surface area contributed by atoms with Gasteiger partial charge in [-0.2, -0.15) is 0 Å². The number of nitrogen functional groups attached to an aromatic ring is 1. The van der Waals surface area contributed by atoms with E-state index in [2.05, 4.69) is 5.32 Å². The number of anilines is 1. The predicted molar refractivity (Wildman–Crippen MR) is 77.0 cm³/mol. The van der Waals surface area contributed by atoms with Crippen LogP contribution in [0.5, 0.6) is 0 Å². The van der Waals surface area contributed by atoms with Crippen molar-refractivity contribution >= 4 is 11.7 Å². The Morgan fingerprint density at radius 2 is 2.30 bits per heavy atom. The van der Waals surface area contributed by atoms with Crippen molar-refractivity contribution in [2.45, 2.75) is 31.9 Å². The van der Waals surface area contributed by atoms with Crippen LogP contribution in [0.15, 0.2) is 24.3 Å². The first-order chi connectivity index (χ1) is 9.65. The van der Waals surface area contributed by atoms with Gasteiger partial charge in [-0.25, -0.2) is 4.79 Å². The minimum atomic E-state index is -1.12. The molecule has 0 saturated carbocycles. The summed E-state index contributed by atoms with van der Waals surface area (Å²) in [6, 6.07) is 7.43. The Kier molecular flexibility index (Phi) is 4.98. The number of nitrogens with two attached hydrogens (primary N) is 1. The van der Waals surface area contributed by atoms with E-state index in [1.807, 2.05) is 24.3 Å². The van der Waals surface area contributed by atoms with E-state index in [1.54, 1.807) is 6.92 Å². The average molecular weight is 278 g/mol. The molecule has 3 atom stereocenters. The third-order valence-corrected chi connectivity index (χ3v) is 3.77. The number of carbonyl (C=O) groups is 1. The molecule has 1 fully saturated rings. The lowest BCUT2D eigenvalue weighted by atomic mass is 9.82. The topological polar surface area (TPSA) is 84.6 Å². The van der Waals surface area contributed by atoms with Gasteiger partial charge in [0.15, 0.2) is 6.10 Å². The molecule has 1 aromatic carbocycles. The first-order valence-electron chi connectivity index (χ1n) is 7.07. The number of aliphatic hydroxyl groups is 1. The maximum absolute atomic E-state index is 11.8. The van der Waals surface area contributed by atoms with Crippen molar-refractivity contribution in [3.63, 3.8) is 0 Å². The number of esters is 1. The largest absolute Gasteiger partial charge is 0.464 e. The summed E-state index contributed by atoms with van der Waals surface area (Å²) in [5.74, 6) is -0.770. The zero-order chi connectivity index (χ0) is 14.5. The minimum absolute atomic E-state index is 0.121. The molecule has 2 rings (SSSR count). The fraction of sp³-hybridized carbons (Fsp3) is 0.533. The minimum Gasteiger partial charge on any atom is -0.464 e. The van der Waals surface area contributed by atoms with Crippen molar-refractivity contribution in [1.82, 2.24) is 5.32 Å². The number of ether oxygens (including phenoxy) is 1. The average Bonchev–Trinajstić information content (AvgIpc) is 2.47. The van der Waals surface area contributed by atoms with Crippen LogP contribution in [-0.4, -0.2) is 30.3 Å². The molecule has 1 aromatic rings. The third-order valence-electron chi connectivity index (χ3n) is 3.77. The van der Waals surface area contributed by atoms with Crippen LogP contribution >= 0.6 is 0 Å². The van der Waals surface area contributed by atoms with Crippen molar-refractivity contribution in [3.05, 3.63) is 29.8 Å². The molecule has 110 valence electrons. The quantitative estimate of drug-likeness (QED) is 0.570. The van der Waals surface area contributed by atoms with Crippen molar-refractivity contribution in [3.8, 4) is 0 Å². The Morgan fingerprint density at radius 3 is 3.00 bits per heavy atom. The molecule has 0 radical (unpaired) electrons. The SMILES string of the molecule is CCOC(=O)[C@H](O)[C@H]1CCCN[C@H]1c1ccccc1N. The van der Waals surface area contributed by atoms with E-state index in [4.69, 9.17) is 10.5 Å². The van der Waals surface area contributed by atoms with Crippen molar-refractivity contribution in [2.24, 2.45) is 5.92 Å². The van der Waals surface area contributed by atoms with Gasteiger partial charge in [0.05, 0.1) is 6.61 Å². The van der Waals surface area contributed by atoms with Gasteiger partial charge in [0, 0.05) is 17.6 Å². The van der Waals surface area contributed by atoms with Gasteiger partial charge in [-0.15, -0.1) is 0 Å². The molecule has 1 aliphatic rings. The van der Waals surface area contributed by atoms with Gasteiger partial charge in [0.25, 0.3) is 0 Å². The first-order valence-corrected chi connectivity index (χ1v) is 7.07. The second-order valence-corrected chi connectivity index (χ2v) is 5.06. The fourth-order valence-corrected chi connectivity index (χ4v) is 2.79. The number of hydrogen-bond donors (Lipinski definition) is 3. The highest BCUT2D eigenvalue weighted by atomic mass is 16.5. The number of hydrogen-bond acceptors (Lipinski definition) is 5. The highest BCUT2D eigenvalue weighted by molar-refractivity contribution is 5.75. The van der Waals surface area contributed by atoms with Crippen LogP contribution in [-0.2, 0) is 9.53 Å². The molecule has 1 aliphatic heterocycles. The molecule has 0 aliphatic carbocycles. The van der Waals surface area contributed by atoms with Crippen LogP contribution in [0, 0.1) is 5.92 Å². The van der Waals surface area contributed by atoms with Gasteiger partial charge in [-0.1, -0.05) is 18.2 Å². The van der Waals surface area contributed by atoms with E-state index in [0.717, 1.165) is 24.9 Å². The summed E-state index contributed by atoms with van der Waals surface area (Å²) in [6.07, 6.45) is 0.573. The molecule has 4 N–H and O–H groups in total. The lowest BCUT2D eigenvalue weighted by Crippen LogP contribution is -2.44. The van der Waals surface area contributed by atoms with E-state index in [9.17, 15) is 9.90 Å². The maximum atomic E-state index is 11.8. The number of rotatable bonds is 4. The van der Waals surface area contributed by atoms with Gasteiger partial charge in [0.1, 0.15) is 0 Å². The molecule has 0 amide bonds. The van der Waals surface area contributed by atoms with Crippen LogP contribution < -0.4 is 11.1 Å². The lowest BCUT2D eigenvalue weighted by molar-refractivity contribution is -0.157. The lowest BCUT2D eigenvalue weighted by Gasteiger charge is -2.35. The van der Waals surface area contributed by atoms with Crippen LogP contribution in [0.2, 0.25) is 0 Å². The summed E-state index contributed by atoms with van der Waals surface area (Å²) in [5, 5.41) is 13.6. The molecule has 0 bridgehead atoms. The molecule has 0 spiro atoms. The number of aliphatic hydroxyl groups excluding tert-OH is 1. The second kappa shape index (κ2) is 6.72. The number of para-hydroxylation sites is 1. The summed E-state index contributed by atoms with van der Waals surface area (Å²) in [5.41, 5.74) is 7.62. The summed E-state index contributed by atoms with van der Waals surface area (Å²) in [6.45, 7) is 2.86. The Bertz CT molecular complexity index is 464. The summed E-state index contributed by atoms with van der Waals surface area (Å²) >= 11 is 0. The zero-order valence-electron chi connectivity index (χ0n) is 11.7. The van der Waals surface area contributed by atoms with Gasteiger partial charge in [-0.3, -0.25) is 0 Å². The van der Waals surface area contributed by atoms with E-state index in [-0.39, 0.29) is 18.6 Å².